The molecule has 1 aromatic carbocycles. The highest BCUT2D eigenvalue weighted by Gasteiger charge is 2.11. The maximum Gasteiger partial charge on any atom is 0.251 e. The van der Waals surface area contributed by atoms with E-state index in [-0.39, 0.29) is 5.91 Å². The Bertz CT molecular complexity index is 608. The molecular formula is C15H18ClN3O2. The molecule has 0 aliphatic carbocycles. The van der Waals surface area contributed by atoms with Gasteiger partial charge in [0, 0.05) is 12.1 Å². The van der Waals surface area contributed by atoms with Gasteiger partial charge >= 0.3 is 0 Å². The number of carbonyl (C=O) groups excluding carboxylic acids is 1. The van der Waals surface area contributed by atoms with Gasteiger partial charge in [-0.1, -0.05) is 11.6 Å². The van der Waals surface area contributed by atoms with Crippen LogP contribution in [0, 0.1) is 0 Å². The van der Waals surface area contributed by atoms with Gasteiger partial charge in [-0.25, -0.2) is 0 Å². The highest BCUT2D eigenvalue weighted by Crippen LogP contribution is 2.15. The van der Waals surface area contributed by atoms with E-state index < -0.39 is 0 Å². The van der Waals surface area contributed by atoms with Gasteiger partial charge in [-0.3, -0.25) is 9.48 Å². The molecule has 1 amide bonds. The van der Waals surface area contributed by atoms with Crippen molar-refractivity contribution in [3.05, 3.63) is 46.7 Å². The molecule has 0 spiro atoms. The lowest BCUT2D eigenvalue weighted by Gasteiger charge is -2.08. The molecule has 0 atom stereocenters. The first kappa shape index (κ1) is 15.4. The van der Waals surface area contributed by atoms with E-state index in [1.54, 1.807) is 35.1 Å². The van der Waals surface area contributed by atoms with Crippen LogP contribution in [0.15, 0.2) is 30.5 Å². The molecule has 0 aliphatic heterocycles. The fraction of sp³-hybridized carbons (Fsp3) is 0.333. The molecule has 1 N–H and O–H groups in total. The van der Waals surface area contributed by atoms with Crippen LogP contribution >= 0.6 is 11.6 Å². The van der Waals surface area contributed by atoms with E-state index in [0.29, 0.717) is 30.3 Å². The molecule has 2 rings (SSSR count). The summed E-state index contributed by atoms with van der Waals surface area (Å²) in [5.41, 5.74) is 1.38. The molecule has 2 aromatic rings. The summed E-state index contributed by atoms with van der Waals surface area (Å²) in [6.07, 6.45) is 1.59. The second-order valence-corrected chi connectivity index (χ2v) is 4.80. The fourth-order valence-corrected chi connectivity index (χ4v) is 2.18. The van der Waals surface area contributed by atoms with Gasteiger partial charge in [0.2, 0.25) is 0 Å². The number of aromatic nitrogens is 2. The second kappa shape index (κ2) is 7.13. The maximum atomic E-state index is 12.1. The Morgan fingerprint density at radius 1 is 1.33 bits per heavy atom. The van der Waals surface area contributed by atoms with Crippen LogP contribution in [-0.2, 0) is 13.1 Å². The van der Waals surface area contributed by atoms with Crippen molar-refractivity contribution < 1.29 is 9.53 Å². The molecule has 0 radical (unpaired) electrons. The van der Waals surface area contributed by atoms with Gasteiger partial charge in [0.05, 0.1) is 30.1 Å². The Labute approximate surface area is 128 Å². The third kappa shape index (κ3) is 3.76. The van der Waals surface area contributed by atoms with Gasteiger partial charge in [0.1, 0.15) is 5.75 Å². The van der Waals surface area contributed by atoms with E-state index in [9.17, 15) is 4.79 Å². The summed E-state index contributed by atoms with van der Waals surface area (Å²) in [6, 6.07) is 7.03. The zero-order valence-electron chi connectivity index (χ0n) is 12.1. The maximum absolute atomic E-state index is 12.1. The first-order valence-electron chi connectivity index (χ1n) is 6.87. The van der Waals surface area contributed by atoms with E-state index in [1.807, 2.05) is 13.8 Å². The van der Waals surface area contributed by atoms with Crippen molar-refractivity contribution in [3.8, 4) is 5.75 Å². The molecule has 1 heterocycles. The van der Waals surface area contributed by atoms with Gasteiger partial charge in [0.15, 0.2) is 0 Å². The van der Waals surface area contributed by atoms with Gasteiger partial charge in [-0.05, 0) is 38.1 Å². The summed E-state index contributed by atoms with van der Waals surface area (Å²) in [4.78, 5) is 12.1. The zero-order chi connectivity index (χ0) is 15.2. The minimum atomic E-state index is -0.155. The topological polar surface area (TPSA) is 56.1 Å². The molecule has 0 fully saturated rings. The van der Waals surface area contributed by atoms with Crippen molar-refractivity contribution in [2.75, 3.05) is 6.61 Å². The number of benzene rings is 1. The summed E-state index contributed by atoms with van der Waals surface area (Å²) >= 11 is 6.06. The third-order valence-corrected chi connectivity index (χ3v) is 3.36. The number of nitrogens with zero attached hydrogens (tertiary/aromatic N) is 2. The largest absolute Gasteiger partial charge is 0.494 e. The van der Waals surface area contributed by atoms with Crippen LogP contribution in [0.2, 0.25) is 5.02 Å². The van der Waals surface area contributed by atoms with Gasteiger partial charge in [-0.2, -0.15) is 5.10 Å². The highest BCUT2D eigenvalue weighted by atomic mass is 35.5. The lowest BCUT2D eigenvalue weighted by atomic mass is 10.2. The molecule has 0 bridgehead atoms. The van der Waals surface area contributed by atoms with Crippen LogP contribution in [0.25, 0.3) is 0 Å². The lowest BCUT2D eigenvalue weighted by Crippen LogP contribution is -2.24. The van der Waals surface area contributed by atoms with Gasteiger partial charge in [-0.15, -0.1) is 0 Å². The van der Waals surface area contributed by atoms with Gasteiger partial charge < -0.3 is 10.1 Å². The van der Waals surface area contributed by atoms with E-state index in [2.05, 4.69) is 10.4 Å². The monoisotopic (exact) mass is 307 g/mol. The average molecular weight is 308 g/mol. The number of hydrogen-bond donors (Lipinski definition) is 1. The number of amides is 1. The summed E-state index contributed by atoms with van der Waals surface area (Å²) in [7, 11) is 0. The quantitative estimate of drug-likeness (QED) is 0.893. The first-order valence-corrected chi connectivity index (χ1v) is 7.24. The molecule has 21 heavy (non-hydrogen) atoms. The first-order chi connectivity index (χ1) is 10.2. The molecule has 1 aromatic heterocycles. The number of carbonyl (C=O) groups is 1. The van der Waals surface area contributed by atoms with E-state index in [1.165, 1.54) is 0 Å². The van der Waals surface area contributed by atoms with E-state index in [0.717, 1.165) is 11.4 Å². The highest BCUT2D eigenvalue weighted by molar-refractivity contribution is 6.31. The van der Waals surface area contributed by atoms with E-state index in [4.69, 9.17) is 16.3 Å². The number of nitrogens with one attached hydrogen (secondary N) is 1. The SMILES string of the molecule is CCOc1ccc(C(=O)NCc2c(Cl)cnn2CC)cc1. The van der Waals surface area contributed by atoms with Crippen molar-refractivity contribution in [1.29, 1.82) is 0 Å². The standard InChI is InChI=1S/C15H18ClN3O2/c1-3-19-14(13(16)9-18-19)10-17-15(20)11-5-7-12(8-6-11)21-4-2/h5-9H,3-4,10H2,1-2H3,(H,17,20). The number of halogens is 1. The number of ether oxygens (including phenoxy) is 1. The Kier molecular flexibility index (Phi) is 5.22. The normalized spacial score (nSPS) is 10.4. The predicted molar refractivity (Wildman–Crippen MR) is 81.7 cm³/mol. The Morgan fingerprint density at radius 3 is 2.67 bits per heavy atom. The van der Waals surface area contributed by atoms with E-state index >= 15 is 0 Å². The minimum absolute atomic E-state index is 0.155. The number of rotatable bonds is 6. The molecule has 6 heteroatoms. The second-order valence-electron chi connectivity index (χ2n) is 4.40. The minimum Gasteiger partial charge on any atom is -0.494 e. The van der Waals surface area contributed by atoms with Crippen molar-refractivity contribution in [3.63, 3.8) is 0 Å². The Balaban J connectivity index is 1.99. The van der Waals surface area contributed by atoms with Crippen LogP contribution in [0.4, 0.5) is 0 Å². The molecule has 0 saturated heterocycles. The molecular weight excluding hydrogens is 290 g/mol. The lowest BCUT2D eigenvalue weighted by molar-refractivity contribution is 0.0950. The molecule has 0 aliphatic rings. The number of aryl methyl sites for hydroxylation is 1. The van der Waals surface area contributed by atoms with Crippen molar-refractivity contribution in [2.24, 2.45) is 0 Å². The smallest absolute Gasteiger partial charge is 0.251 e. The predicted octanol–water partition coefficient (Wildman–Crippen LogP) is 2.89. The van der Waals surface area contributed by atoms with Crippen LogP contribution in [0.3, 0.4) is 0 Å². The van der Waals surface area contributed by atoms with Crippen molar-refractivity contribution in [2.45, 2.75) is 26.9 Å². The molecule has 112 valence electrons. The van der Waals surface area contributed by atoms with Crippen LogP contribution < -0.4 is 10.1 Å². The fourth-order valence-electron chi connectivity index (χ4n) is 1.97. The van der Waals surface area contributed by atoms with Crippen molar-refractivity contribution in [1.82, 2.24) is 15.1 Å². The third-order valence-electron chi connectivity index (χ3n) is 3.04. The summed E-state index contributed by atoms with van der Waals surface area (Å²) in [5.74, 6) is 0.596. The van der Waals surface area contributed by atoms with Crippen LogP contribution in [-0.4, -0.2) is 22.3 Å². The molecule has 5 nitrogen and oxygen atoms in total. The van der Waals surface area contributed by atoms with Crippen molar-refractivity contribution >= 4 is 17.5 Å². The zero-order valence-corrected chi connectivity index (χ0v) is 12.9. The Hall–Kier alpha value is -2.01. The molecule has 0 unspecified atom stereocenters. The Morgan fingerprint density at radius 2 is 2.05 bits per heavy atom. The number of hydrogen-bond acceptors (Lipinski definition) is 3. The van der Waals surface area contributed by atoms with Crippen LogP contribution in [0.5, 0.6) is 5.75 Å². The van der Waals surface area contributed by atoms with Gasteiger partial charge in [0.25, 0.3) is 5.91 Å². The summed E-state index contributed by atoms with van der Waals surface area (Å²) < 4.78 is 7.11. The summed E-state index contributed by atoms with van der Waals surface area (Å²) in [5, 5.41) is 7.54. The van der Waals surface area contributed by atoms with Crippen LogP contribution in [0.1, 0.15) is 29.9 Å². The molecule has 0 saturated carbocycles. The average Bonchev–Trinajstić information content (AvgIpc) is 2.86. The summed E-state index contributed by atoms with van der Waals surface area (Å²) in [6.45, 7) is 5.55.